The van der Waals surface area contributed by atoms with Crippen LogP contribution in [0.5, 0.6) is 5.75 Å². The van der Waals surface area contributed by atoms with Crippen LogP contribution >= 0.6 is 11.6 Å². The summed E-state index contributed by atoms with van der Waals surface area (Å²) in [6, 6.07) is 12.1. The second-order valence-electron chi connectivity index (χ2n) is 3.94. The number of benzene rings is 2. The molecule has 0 amide bonds. The summed E-state index contributed by atoms with van der Waals surface area (Å²) >= 11 is 5.87. The van der Waals surface area contributed by atoms with Gasteiger partial charge in [0.15, 0.2) is 5.75 Å². The standard InChI is InChI=1S/C14H8ClF3N2O/c15-10-4-3-6-11(9(10)8-19)20-12-5-1-2-7-13(12)21-14(16,17)18/h1-7,20H. The van der Waals surface area contributed by atoms with Crippen LogP contribution < -0.4 is 10.1 Å². The molecule has 0 saturated heterocycles. The van der Waals surface area contributed by atoms with Gasteiger partial charge >= 0.3 is 6.36 Å². The fourth-order valence-corrected chi connectivity index (χ4v) is 1.89. The molecule has 0 aliphatic rings. The monoisotopic (exact) mass is 312 g/mol. The highest BCUT2D eigenvalue weighted by Gasteiger charge is 2.32. The van der Waals surface area contributed by atoms with Crippen molar-refractivity contribution < 1.29 is 17.9 Å². The Morgan fingerprint density at radius 2 is 1.71 bits per heavy atom. The molecule has 7 heteroatoms. The minimum absolute atomic E-state index is 0.0774. The summed E-state index contributed by atoms with van der Waals surface area (Å²) < 4.78 is 41.0. The predicted molar refractivity (Wildman–Crippen MR) is 72.6 cm³/mol. The van der Waals surface area contributed by atoms with Crippen molar-refractivity contribution in [2.24, 2.45) is 0 Å². The van der Waals surface area contributed by atoms with E-state index in [2.05, 4.69) is 10.1 Å². The van der Waals surface area contributed by atoms with E-state index in [1.165, 1.54) is 30.3 Å². The van der Waals surface area contributed by atoms with E-state index in [1.54, 1.807) is 12.1 Å². The lowest BCUT2D eigenvalue weighted by Gasteiger charge is -2.15. The van der Waals surface area contributed by atoms with Crippen LogP contribution in [0.4, 0.5) is 24.5 Å². The van der Waals surface area contributed by atoms with Crippen molar-refractivity contribution in [2.45, 2.75) is 6.36 Å². The van der Waals surface area contributed by atoms with Crippen molar-refractivity contribution in [2.75, 3.05) is 5.32 Å². The number of hydrogen-bond donors (Lipinski definition) is 1. The topological polar surface area (TPSA) is 45.0 Å². The Morgan fingerprint density at radius 1 is 1.05 bits per heavy atom. The van der Waals surface area contributed by atoms with Gasteiger partial charge in [-0.1, -0.05) is 29.8 Å². The number of nitrogens with one attached hydrogen (secondary N) is 1. The molecule has 0 aliphatic carbocycles. The minimum atomic E-state index is -4.80. The van der Waals surface area contributed by atoms with Crippen molar-refractivity contribution >= 4 is 23.0 Å². The van der Waals surface area contributed by atoms with Crippen LogP contribution in [-0.4, -0.2) is 6.36 Å². The van der Waals surface area contributed by atoms with E-state index in [0.717, 1.165) is 0 Å². The Morgan fingerprint density at radius 3 is 2.38 bits per heavy atom. The molecule has 0 bridgehead atoms. The van der Waals surface area contributed by atoms with E-state index >= 15 is 0 Å². The lowest BCUT2D eigenvalue weighted by molar-refractivity contribution is -0.274. The van der Waals surface area contributed by atoms with E-state index in [-0.39, 0.29) is 16.3 Å². The molecule has 108 valence electrons. The van der Waals surface area contributed by atoms with Crippen LogP contribution in [0.2, 0.25) is 5.02 Å². The van der Waals surface area contributed by atoms with Gasteiger partial charge in [-0.25, -0.2) is 0 Å². The van der Waals surface area contributed by atoms with E-state index < -0.39 is 12.1 Å². The SMILES string of the molecule is N#Cc1c(Cl)cccc1Nc1ccccc1OC(F)(F)F. The lowest BCUT2D eigenvalue weighted by Crippen LogP contribution is -2.17. The molecule has 0 aliphatic heterocycles. The Labute approximate surface area is 123 Å². The molecule has 2 aromatic rings. The highest BCUT2D eigenvalue weighted by atomic mass is 35.5. The largest absolute Gasteiger partial charge is 0.573 e. The van der Waals surface area contributed by atoms with E-state index in [4.69, 9.17) is 16.9 Å². The molecule has 3 nitrogen and oxygen atoms in total. The number of nitrogens with zero attached hydrogens (tertiary/aromatic N) is 1. The van der Waals surface area contributed by atoms with Crippen LogP contribution in [-0.2, 0) is 0 Å². The Balaban J connectivity index is 2.37. The van der Waals surface area contributed by atoms with Crippen LogP contribution in [0.3, 0.4) is 0 Å². The summed E-state index contributed by atoms with van der Waals surface area (Å²) in [4.78, 5) is 0. The number of nitriles is 1. The summed E-state index contributed by atoms with van der Waals surface area (Å²) in [5, 5.41) is 12.0. The van der Waals surface area contributed by atoms with Gasteiger partial charge in [-0.05, 0) is 24.3 Å². The third-order valence-corrected chi connectivity index (χ3v) is 2.82. The average molecular weight is 313 g/mol. The van der Waals surface area contributed by atoms with Crippen molar-refractivity contribution in [3.8, 4) is 11.8 Å². The molecule has 0 heterocycles. The van der Waals surface area contributed by atoms with Gasteiger partial charge in [0.05, 0.1) is 22.0 Å². The number of para-hydroxylation sites is 2. The Bertz CT molecular complexity index is 695. The molecule has 1 N–H and O–H groups in total. The van der Waals surface area contributed by atoms with Gasteiger partial charge < -0.3 is 10.1 Å². The van der Waals surface area contributed by atoms with Gasteiger partial charge in [-0.15, -0.1) is 13.2 Å². The average Bonchev–Trinajstić information content (AvgIpc) is 2.40. The highest BCUT2D eigenvalue weighted by molar-refractivity contribution is 6.32. The normalized spacial score (nSPS) is 10.8. The predicted octanol–water partition coefficient (Wildman–Crippen LogP) is 4.85. The first kappa shape index (κ1) is 15.0. The lowest BCUT2D eigenvalue weighted by atomic mass is 10.2. The van der Waals surface area contributed by atoms with Crippen LogP contribution in [0, 0.1) is 11.3 Å². The minimum Gasteiger partial charge on any atom is -0.404 e. The summed E-state index contributed by atoms with van der Waals surface area (Å²) in [7, 11) is 0. The Hall–Kier alpha value is -2.39. The van der Waals surface area contributed by atoms with Gasteiger partial charge in [0.25, 0.3) is 0 Å². The fraction of sp³-hybridized carbons (Fsp3) is 0.0714. The molecular weight excluding hydrogens is 305 g/mol. The molecular formula is C14H8ClF3N2O. The first-order chi connectivity index (χ1) is 9.90. The van der Waals surface area contributed by atoms with E-state index in [1.807, 2.05) is 6.07 Å². The second-order valence-corrected chi connectivity index (χ2v) is 4.35. The smallest absolute Gasteiger partial charge is 0.404 e. The number of anilines is 2. The first-order valence-electron chi connectivity index (χ1n) is 5.71. The second kappa shape index (κ2) is 5.94. The van der Waals surface area contributed by atoms with Crippen molar-refractivity contribution in [3.63, 3.8) is 0 Å². The van der Waals surface area contributed by atoms with Crippen molar-refractivity contribution in [1.82, 2.24) is 0 Å². The van der Waals surface area contributed by atoms with Gasteiger partial charge in [0.2, 0.25) is 0 Å². The van der Waals surface area contributed by atoms with Crippen molar-refractivity contribution in [1.29, 1.82) is 5.26 Å². The van der Waals surface area contributed by atoms with E-state index in [0.29, 0.717) is 5.69 Å². The highest BCUT2D eigenvalue weighted by Crippen LogP contribution is 2.34. The number of ether oxygens (including phenoxy) is 1. The number of rotatable bonds is 3. The summed E-state index contributed by atoms with van der Waals surface area (Å²) in [5.41, 5.74) is 0.512. The van der Waals surface area contributed by atoms with Crippen LogP contribution in [0.15, 0.2) is 42.5 Å². The molecule has 0 aromatic heterocycles. The van der Waals surface area contributed by atoms with Gasteiger partial charge in [-0.3, -0.25) is 0 Å². The summed E-state index contributed by atoms with van der Waals surface area (Å²) in [6.45, 7) is 0. The van der Waals surface area contributed by atoms with Crippen molar-refractivity contribution in [3.05, 3.63) is 53.1 Å². The molecule has 2 rings (SSSR count). The van der Waals surface area contributed by atoms with Crippen LogP contribution in [0.25, 0.3) is 0 Å². The zero-order valence-corrected chi connectivity index (χ0v) is 11.2. The molecule has 0 atom stereocenters. The number of alkyl halides is 3. The maximum atomic E-state index is 12.3. The molecule has 0 spiro atoms. The van der Waals surface area contributed by atoms with E-state index in [9.17, 15) is 13.2 Å². The van der Waals surface area contributed by atoms with Crippen LogP contribution in [0.1, 0.15) is 5.56 Å². The maximum Gasteiger partial charge on any atom is 0.573 e. The molecule has 2 aromatic carbocycles. The molecule has 0 radical (unpaired) electrons. The third kappa shape index (κ3) is 3.80. The molecule has 21 heavy (non-hydrogen) atoms. The molecule has 0 fully saturated rings. The summed E-state index contributed by atoms with van der Waals surface area (Å²) in [5.74, 6) is -0.395. The fourth-order valence-electron chi connectivity index (χ4n) is 1.67. The first-order valence-corrected chi connectivity index (χ1v) is 6.09. The zero-order valence-electron chi connectivity index (χ0n) is 10.4. The van der Waals surface area contributed by atoms with Gasteiger partial charge in [0, 0.05) is 0 Å². The van der Waals surface area contributed by atoms with Gasteiger partial charge in [-0.2, -0.15) is 5.26 Å². The summed E-state index contributed by atoms with van der Waals surface area (Å²) in [6.07, 6.45) is -4.80. The quantitative estimate of drug-likeness (QED) is 0.880. The maximum absolute atomic E-state index is 12.3. The molecule has 0 unspecified atom stereocenters. The number of hydrogen-bond acceptors (Lipinski definition) is 3. The zero-order chi connectivity index (χ0) is 15.5. The number of halogens is 4. The molecule has 0 saturated carbocycles. The van der Waals surface area contributed by atoms with Gasteiger partial charge in [0.1, 0.15) is 6.07 Å². The third-order valence-electron chi connectivity index (χ3n) is 2.51. The Kier molecular flexibility index (Phi) is 4.24.